The molecule has 0 spiro atoms. The van der Waals surface area contributed by atoms with Crippen LogP contribution in [0.5, 0.6) is 11.5 Å². The molecule has 5 rings (SSSR count). The lowest BCUT2D eigenvalue weighted by molar-refractivity contribution is 0.100. The van der Waals surface area contributed by atoms with Crippen molar-refractivity contribution in [2.75, 3.05) is 24.3 Å². The molecule has 4 N–H and O–H groups in total. The first-order valence-electron chi connectivity index (χ1n) is 12.3. The average Bonchev–Trinajstić information content (AvgIpc) is 2.98. The van der Waals surface area contributed by atoms with Gasteiger partial charge in [0.05, 0.1) is 45.8 Å². The molecule has 10 nitrogen and oxygen atoms in total. The number of anilines is 3. The second kappa shape index (κ2) is 11.7. The third kappa shape index (κ3) is 5.89. The lowest BCUT2D eigenvalue weighted by Crippen LogP contribution is -2.16. The predicted octanol–water partition coefficient (Wildman–Crippen LogP) is 6.26. The van der Waals surface area contributed by atoms with Gasteiger partial charge in [0.1, 0.15) is 11.5 Å². The summed E-state index contributed by atoms with van der Waals surface area (Å²) in [5, 5.41) is 3.17. The molecule has 0 fully saturated rings. The fraction of sp³-hybridized carbons (Fsp3) is 0.0690. The highest BCUT2D eigenvalue weighted by atomic mass is 35.5. The monoisotopic (exact) mass is 623 g/mol. The summed E-state index contributed by atoms with van der Waals surface area (Å²) in [5.74, 6) is 0.426. The number of amides is 1. The number of ether oxygens (including phenoxy) is 2. The molecule has 1 amide bonds. The molecular weight excluding hydrogens is 601 g/mol. The number of hydrogen-bond donors (Lipinski definition) is 3. The van der Waals surface area contributed by atoms with Crippen LogP contribution >= 0.6 is 23.2 Å². The molecule has 214 valence electrons. The Morgan fingerprint density at radius 3 is 2.07 bits per heavy atom. The topological polar surface area (TPSA) is 146 Å². The zero-order chi connectivity index (χ0) is 30.0. The van der Waals surface area contributed by atoms with E-state index in [1.54, 1.807) is 60.7 Å². The highest BCUT2D eigenvalue weighted by Gasteiger charge is 2.21. The zero-order valence-corrected chi connectivity index (χ0v) is 24.5. The Morgan fingerprint density at radius 1 is 0.810 bits per heavy atom. The van der Waals surface area contributed by atoms with E-state index in [-0.39, 0.29) is 32.1 Å². The second-order valence-corrected chi connectivity index (χ2v) is 11.4. The standard InChI is InChI=1S/C29H23Cl2N5O5S/c1-40-18-13-17(14-19(15-18)41-2)33-28-29(35-24-9-4-3-8-23(24)34-28)36-42(38,39)20-7-5-6-16(12-20)21-10-11-22(27(32)37)26(31)25(21)30/h3-15H,1-2H3,(H2,32,37)(H,33,34)(H,35,36). The number of nitrogens with two attached hydrogens (primary N) is 1. The van der Waals surface area contributed by atoms with Gasteiger partial charge in [0, 0.05) is 29.4 Å². The third-order valence-electron chi connectivity index (χ3n) is 6.22. The summed E-state index contributed by atoms with van der Waals surface area (Å²) >= 11 is 12.7. The first kappa shape index (κ1) is 28.9. The third-order valence-corrected chi connectivity index (χ3v) is 8.44. The fourth-order valence-electron chi connectivity index (χ4n) is 4.15. The molecule has 0 aliphatic carbocycles. The smallest absolute Gasteiger partial charge is 0.263 e. The number of benzene rings is 4. The van der Waals surface area contributed by atoms with Gasteiger partial charge in [-0.2, -0.15) is 0 Å². The van der Waals surface area contributed by atoms with E-state index in [1.807, 2.05) is 0 Å². The Balaban J connectivity index is 1.55. The summed E-state index contributed by atoms with van der Waals surface area (Å²) in [7, 11) is -1.14. The Hall–Kier alpha value is -4.58. The minimum atomic E-state index is -4.19. The number of primary amides is 1. The van der Waals surface area contributed by atoms with Gasteiger partial charge in [-0.05, 0) is 35.9 Å². The van der Waals surface area contributed by atoms with Crippen LogP contribution in [0.1, 0.15) is 10.4 Å². The molecule has 4 aromatic carbocycles. The Labute approximate surface area is 251 Å². The van der Waals surface area contributed by atoms with Crippen molar-refractivity contribution in [3.8, 4) is 22.6 Å². The van der Waals surface area contributed by atoms with Crippen molar-refractivity contribution < 1.29 is 22.7 Å². The van der Waals surface area contributed by atoms with Gasteiger partial charge >= 0.3 is 0 Å². The number of nitrogens with one attached hydrogen (secondary N) is 2. The lowest BCUT2D eigenvalue weighted by atomic mass is 10.0. The number of aromatic nitrogens is 2. The van der Waals surface area contributed by atoms with E-state index >= 15 is 0 Å². The summed E-state index contributed by atoms with van der Waals surface area (Å²) in [6, 6.07) is 21.2. The van der Waals surface area contributed by atoms with E-state index in [0.29, 0.717) is 39.3 Å². The average molecular weight is 625 g/mol. The maximum absolute atomic E-state index is 13.7. The second-order valence-electron chi connectivity index (χ2n) is 8.92. The summed E-state index contributed by atoms with van der Waals surface area (Å²) in [4.78, 5) is 20.7. The molecule has 0 unspecified atom stereocenters. The number of para-hydroxylation sites is 2. The van der Waals surface area contributed by atoms with Gasteiger partial charge in [0.25, 0.3) is 10.0 Å². The Morgan fingerprint density at radius 2 is 1.45 bits per heavy atom. The largest absolute Gasteiger partial charge is 0.497 e. The van der Waals surface area contributed by atoms with Crippen molar-refractivity contribution in [1.82, 2.24) is 9.97 Å². The van der Waals surface area contributed by atoms with Crippen LogP contribution in [0.2, 0.25) is 10.0 Å². The molecule has 42 heavy (non-hydrogen) atoms. The molecule has 5 aromatic rings. The molecular formula is C29H23Cl2N5O5S. The van der Waals surface area contributed by atoms with Crippen molar-refractivity contribution in [1.29, 1.82) is 0 Å². The van der Waals surface area contributed by atoms with Crippen molar-refractivity contribution in [2.45, 2.75) is 4.90 Å². The summed E-state index contributed by atoms with van der Waals surface area (Å²) < 4.78 is 40.6. The number of fused-ring (bicyclic) bond motifs is 1. The van der Waals surface area contributed by atoms with E-state index in [0.717, 1.165) is 0 Å². The fourth-order valence-corrected chi connectivity index (χ4v) is 5.74. The Bertz CT molecular complexity index is 1930. The van der Waals surface area contributed by atoms with Gasteiger partial charge in [-0.25, -0.2) is 18.4 Å². The first-order chi connectivity index (χ1) is 20.1. The van der Waals surface area contributed by atoms with Crippen LogP contribution in [0.15, 0.2) is 83.8 Å². The number of carbonyl (C=O) groups is 1. The van der Waals surface area contributed by atoms with Crippen LogP contribution in [-0.4, -0.2) is 38.5 Å². The lowest BCUT2D eigenvalue weighted by Gasteiger charge is -2.15. The van der Waals surface area contributed by atoms with Crippen LogP contribution in [0, 0.1) is 0 Å². The van der Waals surface area contributed by atoms with E-state index < -0.39 is 15.9 Å². The number of hydrogen-bond acceptors (Lipinski definition) is 8. The minimum Gasteiger partial charge on any atom is -0.497 e. The van der Waals surface area contributed by atoms with Crippen molar-refractivity contribution in [2.24, 2.45) is 5.73 Å². The molecule has 0 saturated carbocycles. The van der Waals surface area contributed by atoms with Crippen LogP contribution in [0.25, 0.3) is 22.2 Å². The van der Waals surface area contributed by atoms with Crippen LogP contribution in [-0.2, 0) is 10.0 Å². The molecule has 0 atom stereocenters. The maximum atomic E-state index is 13.7. The maximum Gasteiger partial charge on any atom is 0.263 e. The van der Waals surface area contributed by atoms with E-state index in [4.69, 9.17) is 38.4 Å². The number of halogens is 2. The van der Waals surface area contributed by atoms with Gasteiger partial charge < -0.3 is 20.5 Å². The van der Waals surface area contributed by atoms with Crippen molar-refractivity contribution in [3.05, 3.63) is 94.5 Å². The highest BCUT2D eigenvalue weighted by Crippen LogP contribution is 2.37. The molecule has 0 aliphatic heterocycles. The van der Waals surface area contributed by atoms with Gasteiger partial charge in [0.2, 0.25) is 5.91 Å². The number of sulfonamides is 1. The number of nitrogens with zero attached hydrogens (tertiary/aromatic N) is 2. The molecule has 1 aromatic heterocycles. The summed E-state index contributed by atoms with van der Waals surface area (Å²) in [6.45, 7) is 0. The van der Waals surface area contributed by atoms with Crippen LogP contribution in [0.3, 0.4) is 0 Å². The number of carbonyl (C=O) groups excluding carboxylic acids is 1. The quantitative estimate of drug-likeness (QED) is 0.174. The van der Waals surface area contributed by atoms with Gasteiger partial charge in [0.15, 0.2) is 11.6 Å². The summed E-state index contributed by atoms with van der Waals surface area (Å²) in [5.41, 5.74) is 7.84. The predicted molar refractivity (Wildman–Crippen MR) is 164 cm³/mol. The zero-order valence-electron chi connectivity index (χ0n) is 22.2. The SMILES string of the molecule is COc1cc(Nc2nc3ccccc3nc2NS(=O)(=O)c2cccc(-c3ccc(C(N)=O)c(Cl)c3Cl)c2)cc(OC)c1. The summed E-state index contributed by atoms with van der Waals surface area (Å²) in [6.07, 6.45) is 0. The highest BCUT2D eigenvalue weighted by molar-refractivity contribution is 7.92. The van der Waals surface area contributed by atoms with E-state index in [9.17, 15) is 13.2 Å². The van der Waals surface area contributed by atoms with Gasteiger partial charge in [-0.1, -0.05) is 53.5 Å². The van der Waals surface area contributed by atoms with Gasteiger partial charge in [-0.15, -0.1) is 0 Å². The van der Waals surface area contributed by atoms with Crippen molar-refractivity contribution in [3.63, 3.8) is 0 Å². The molecule has 13 heteroatoms. The van der Waals surface area contributed by atoms with E-state index in [2.05, 4.69) is 20.0 Å². The van der Waals surface area contributed by atoms with Crippen molar-refractivity contribution >= 4 is 67.5 Å². The van der Waals surface area contributed by atoms with Crippen LogP contribution < -0.4 is 25.2 Å². The van der Waals surface area contributed by atoms with Crippen LogP contribution in [0.4, 0.5) is 17.3 Å². The Kier molecular flexibility index (Phi) is 8.08. The normalized spacial score (nSPS) is 11.2. The first-order valence-corrected chi connectivity index (χ1v) is 14.5. The molecule has 0 radical (unpaired) electrons. The number of methoxy groups -OCH3 is 2. The number of rotatable bonds is 9. The molecule has 1 heterocycles. The van der Waals surface area contributed by atoms with Gasteiger partial charge in [-0.3, -0.25) is 9.52 Å². The molecule has 0 bridgehead atoms. The minimum absolute atomic E-state index is 0.0237. The van der Waals surface area contributed by atoms with E-state index in [1.165, 1.54) is 32.4 Å². The molecule has 0 saturated heterocycles. The molecule has 0 aliphatic rings.